The van der Waals surface area contributed by atoms with Gasteiger partial charge in [-0.1, -0.05) is 27.7 Å². The van der Waals surface area contributed by atoms with Gasteiger partial charge in [-0.2, -0.15) is 0 Å². The van der Waals surface area contributed by atoms with Crippen molar-refractivity contribution >= 4 is 11.0 Å². The van der Waals surface area contributed by atoms with Gasteiger partial charge in [-0.05, 0) is 25.2 Å². The van der Waals surface area contributed by atoms with Crippen molar-refractivity contribution in [3.8, 4) is 0 Å². The minimum absolute atomic E-state index is 0. The molecule has 4 unspecified atom stereocenters. The molecule has 0 aliphatic carbocycles. The summed E-state index contributed by atoms with van der Waals surface area (Å²) in [6.45, 7) is 5.78. The van der Waals surface area contributed by atoms with E-state index in [4.69, 9.17) is 0 Å². The van der Waals surface area contributed by atoms with E-state index >= 15 is 0 Å². The van der Waals surface area contributed by atoms with Gasteiger partial charge in [-0.15, -0.1) is 0 Å². The average molecular weight is 328 g/mol. The van der Waals surface area contributed by atoms with Gasteiger partial charge in [-0.3, -0.25) is 0 Å². The van der Waals surface area contributed by atoms with Crippen molar-refractivity contribution in [3.05, 3.63) is 0 Å². The van der Waals surface area contributed by atoms with Gasteiger partial charge in [0, 0.05) is 28.4 Å². The van der Waals surface area contributed by atoms with Crippen molar-refractivity contribution in [2.45, 2.75) is 52.9 Å². The van der Waals surface area contributed by atoms with Crippen molar-refractivity contribution in [2.24, 2.45) is 0 Å². The van der Waals surface area contributed by atoms with Gasteiger partial charge < -0.3 is 39.4 Å². The van der Waals surface area contributed by atoms with Gasteiger partial charge in [0.15, 0.2) is 0 Å². The summed E-state index contributed by atoms with van der Waals surface area (Å²) in [5, 5.41) is 38.7. The van der Waals surface area contributed by atoms with E-state index in [2.05, 4.69) is 18.9 Å². The Labute approximate surface area is 132 Å². The number of hydrogen-bond donors (Lipinski definition) is 0. The fourth-order valence-corrected chi connectivity index (χ4v) is 0. The monoisotopic (exact) mass is 328 g/mol. The molecule has 0 saturated carbocycles. The number of hydrogen-bond acceptors (Lipinski definition) is 8. The maximum atomic E-state index is 9.67. The van der Waals surface area contributed by atoms with Crippen molar-refractivity contribution in [2.75, 3.05) is 28.4 Å². The van der Waals surface area contributed by atoms with E-state index in [0.717, 1.165) is 0 Å². The molecular weight excluding hydrogens is 300 g/mol. The molecule has 0 aromatic heterocycles. The molecule has 0 spiro atoms. The fourth-order valence-electron chi connectivity index (χ4n) is 0. The molecule has 0 fully saturated rings. The molecule has 9 heteroatoms. The van der Waals surface area contributed by atoms with Crippen molar-refractivity contribution in [3.63, 3.8) is 0 Å². The van der Waals surface area contributed by atoms with E-state index in [1.165, 1.54) is 56.1 Å². The zero-order valence-corrected chi connectivity index (χ0v) is 15.1. The van der Waals surface area contributed by atoms with E-state index in [9.17, 15) is 20.4 Å². The number of ether oxygens (including phenoxy) is 4. The first-order chi connectivity index (χ1) is 9.08. The number of methoxy groups -OCH3 is 4. The Hall–Kier alpha value is -0.103. The van der Waals surface area contributed by atoms with Gasteiger partial charge in [0.1, 0.15) is 0 Å². The Balaban J connectivity index is -0.0000000533. The summed E-state index contributed by atoms with van der Waals surface area (Å²) in [7, 11) is 5.55. The summed E-state index contributed by atoms with van der Waals surface area (Å²) in [4.78, 5) is 0. The molecule has 0 amide bonds. The van der Waals surface area contributed by atoms with Gasteiger partial charge >= 0.3 is 11.0 Å². The summed E-state index contributed by atoms with van der Waals surface area (Å²) in [6, 6.07) is 0. The molecule has 4 atom stereocenters. The van der Waals surface area contributed by atoms with Crippen molar-refractivity contribution in [1.29, 1.82) is 0 Å². The molecule has 8 nitrogen and oxygen atoms in total. The molecule has 0 N–H and O–H groups in total. The van der Waals surface area contributed by atoms with E-state index in [1.807, 2.05) is 0 Å². The first kappa shape index (κ1) is 32.7. The molecule has 21 heavy (non-hydrogen) atoms. The van der Waals surface area contributed by atoms with E-state index in [1.54, 1.807) is 0 Å². The molecule has 0 bridgehead atoms. The molecule has 0 aromatic rings. The van der Waals surface area contributed by atoms with Gasteiger partial charge in [-0.25, -0.2) is 0 Å². The van der Waals surface area contributed by atoms with E-state index in [-0.39, 0.29) is 11.0 Å². The molecule has 0 saturated heterocycles. The third-order valence-corrected chi connectivity index (χ3v) is 1.33. The Morgan fingerprint density at radius 3 is 0.524 bits per heavy atom. The maximum absolute atomic E-state index is 9.67. The SMILES string of the molecule is COC(C)[O-].COC(C)[O-].COC(C)[O-].COC(C)[O-].[Si+4]. The van der Waals surface area contributed by atoms with Crippen LogP contribution < -0.4 is 20.4 Å². The van der Waals surface area contributed by atoms with Crippen LogP contribution in [-0.4, -0.2) is 64.6 Å². The quantitative estimate of drug-likeness (QED) is 0.394. The standard InChI is InChI=1S/4C3H7O2.Si/c4*1-3(4)5-2;/h4*3H,1-2H3;/q4*-1;+4. The summed E-state index contributed by atoms with van der Waals surface area (Å²) >= 11 is 0. The number of rotatable bonds is 4. The van der Waals surface area contributed by atoms with Crippen LogP contribution in [0, 0.1) is 0 Å². The third kappa shape index (κ3) is 102. The average Bonchev–Trinajstić information content (AvgIpc) is 2.40. The third-order valence-electron chi connectivity index (χ3n) is 1.33. The van der Waals surface area contributed by atoms with Crippen LogP contribution in [0.1, 0.15) is 27.7 Å². The Morgan fingerprint density at radius 1 is 0.476 bits per heavy atom. The molecule has 0 heterocycles. The van der Waals surface area contributed by atoms with Gasteiger partial charge in [0.05, 0.1) is 0 Å². The van der Waals surface area contributed by atoms with Crippen LogP contribution in [-0.2, 0) is 18.9 Å². The summed E-state index contributed by atoms with van der Waals surface area (Å²) in [5.41, 5.74) is 0. The van der Waals surface area contributed by atoms with E-state index < -0.39 is 25.2 Å². The molecular formula is C12H28O8Si. The van der Waals surface area contributed by atoms with Gasteiger partial charge in [0.2, 0.25) is 0 Å². The predicted molar refractivity (Wildman–Crippen MR) is 71.6 cm³/mol. The second-order valence-electron chi connectivity index (χ2n) is 3.21. The normalized spacial score (nSPS) is 14.3. The zero-order valence-electron chi connectivity index (χ0n) is 14.1. The molecule has 128 valence electrons. The topological polar surface area (TPSA) is 129 Å². The minimum atomic E-state index is -0.866. The zero-order chi connectivity index (χ0) is 17.1. The smallest absolute Gasteiger partial charge is 0.831 e. The minimum Gasteiger partial charge on any atom is -0.831 e. The van der Waals surface area contributed by atoms with Crippen LogP contribution in [0.2, 0.25) is 0 Å². The predicted octanol–water partition coefficient (Wildman–Crippen LogP) is -3.02. The molecule has 0 radical (unpaired) electrons. The van der Waals surface area contributed by atoms with Crippen molar-refractivity contribution in [1.82, 2.24) is 0 Å². The first-order valence-corrected chi connectivity index (χ1v) is 5.83. The maximum Gasteiger partial charge on any atom is 4.00 e. The van der Waals surface area contributed by atoms with Crippen LogP contribution >= 0.6 is 0 Å². The van der Waals surface area contributed by atoms with Crippen LogP contribution in [0.25, 0.3) is 0 Å². The van der Waals surface area contributed by atoms with Gasteiger partial charge in [0.25, 0.3) is 0 Å². The molecule has 0 aromatic carbocycles. The summed E-state index contributed by atoms with van der Waals surface area (Å²) in [5.74, 6) is 0. The second kappa shape index (κ2) is 28.1. The first-order valence-electron chi connectivity index (χ1n) is 5.83. The van der Waals surface area contributed by atoms with Crippen LogP contribution in [0.5, 0.6) is 0 Å². The van der Waals surface area contributed by atoms with Crippen LogP contribution in [0.15, 0.2) is 0 Å². The molecule has 0 rings (SSSR count). The van der Waals surface area contributed by atoms with E-state index in [0.29, 0.717) is 0 Å². The molecule has 0 aliphatic heterocycles. The Morgan fingerprint density at radius 2 is 0.524 bits per heavy atom. The fraction of sp³-hybridized carbons (Fsp3) is 1.00. The summed E-state index contributed by atoms with van der Waals surface area (Å²) in [6.07, 6.45) is -3.46. The van der Waals surface area contributed by atoms with Crippen LogP contribution in [0.4, 0.5) is 0 Å². The van der Waals surface area contributed by atoms with Crippen LogP contribution in [0.3, 0.4) is 0 Å². The largest absolute Gasteiger partial charge is 4.00 e. The van der Waals surface area contributed by atoms with Crippen molar-refractivity contribution < 1.29 is 39.4 Å². The summed E-state index contributed by atoms with van der Waals surface area (Å²) < 4.78 is 16.8. The Bertz CT molecular complexity index is 113. The Kier molecular flexibility index (Phi) is 43.8. The second-order valence-corrected chi connectivity index (χ2v) is 3.21. The molecule has 0 aliphatic rings.